The van der Waals surface area contributed by atoms with Crippen molar-refractivity contribution in [2.24, 2.45) is 5.16 Å². The molecule has 0 aliphatic heterocycles. The molecule has 0 bridgehead atoms. The van der Waals surface area contributed by atoms with E-state index in [4.69, 9.17) is 9.62 Å². The summed E-state index contributed by atoms with van der Waals surface area (Å²) in [6.45, 7) is 3.19. The predicted octanol–water partition coefficient (Wildman–Crippen LogP) is 0.739. The van der Waals surface area contributed by atoms with E-state index >= 15 is 0 Å². The molecule has 6 heteroatoms. The standard InChI is InChI=1S/C10H10N2O4/c1-5-3-7(11-14)9-8(13)4-6(2)16-10(9)12(5)15/h3-4,14-15H,1-2H3. The zero-order valence-corrected chi connectivity index (χ0v) is 8.76. The van der Waals surface area contributed by atoms with Crippen molar-refractivity contribution in [2.75, 3.05) is 0 Å². The number of pyridine rings is 1. The summed E-state index contributed by atoms with van der Waals surface area (Å²) in [5.74, 6) is 0.370. The van der Waals surface area contributed by atoms with Crippen LogP contribution >= 0.6 is 0 Å². The van der Waals surface area contributed by atoms with Crippen LogP contribution in [0, 0.1) is 13.8 Å². The predicted molar refractivity (Wildman–Crippen MR) is 54.5 cm³/mol. The molecule has 0 saturated heterocycles. The Bertz CT molecular complexity index is 682. The van der Waals surface area contributed by atoms with E-state index in [1.807, 2.05) is 0 Å². The van der Waals surface area contributed by atoms with Gasteiger partial charge in [-0.05, 0) is 19.9 Å². The largest absolute Gasteiger partial charge is 0.442 e. The first kappa shape index (κ1) is 10.3. The third kappa shape index (κ3) is 1.35. The van der Waals surface area contributed by atoms with Crippen LogP contribution in [0.5, 0.6) is 0 Å². The van der Waals surface area contributed by atoms with Crippen molar-refractivity contribution < 1.29 is 14.8 Å². The zero-order chi connectivity index (χ0) is 11.9. The monoisotopic (exact) mass is 222 g/mol. The Morgan fingerprint density at radius 2 is 2.06 bits per heavy atom. The van der Waals surface area contributed by atoms with Crippen molar-refractivity contribution in [3.8, 4) is 0 Å². The minimum atomic E-state index is -0.366. The molecule has 0 saturated carbocycles. The van der Waals surface area contributed by atoms with Crippen LogP contribution in [0.4, 0.5) is 0 Å². The van der Waals surface area contributed by atoms with Crippen LogP contribution in [0.25, 0.3) is 11.1 Å². The Hall–Kier alpha value is -2.24. The van der Waals surface area contributed by atoms with E-state index in [-0.39, 0.29) is 21.9 Å². The molecular formula is C10H10N2O4. The summed E-state index contributed by atoms with van der Waals surface area (Å²) >= 11 is 0. The fourth-order valence-corrected chi connectivity index (χ4v) is 1.55. The average molecular weight is 222 g/mol. The summed E-state index contributed by atoms with van der Waals surface area (Å²) in [5.41, 5.74) is 0.00111. The first-order valence-corrected chi connectivity index (χ1v) is 4.59. The van der Waals surface area contributed by atoms with Crippen molar-refractivity contribution in [1.82, 2.24) is 4.73 Å². The zero-order valence-electron chi connectivity index (χ0n) is 8.76. The molecule has 2 aromatic rings. The Morgan fingerprint density at radius 3 is 2.69 bits per heavy atom. The summed E-state index contributed by atoms with van der Waals surface area (Å²) in [5, 5.41) is 21.6. The number of aryl methyl sites for hydroxylation is 2. The van der Waals surface area contributed by atoms with Crippen molar-refractivity contribution >= 4 is 11.1 Å². The van der Waals surface area contributed by atoms with Crippen LogP contribution < -0.4 is 10.8 Å². The van der Waals surface area contributed by atoms with Gasteiger partial charge in [-0.25, -0.2) is 0 Å². The minimum Gasteiger partial charge on any atom is -0.442 e. The van der Waals surface area contributed by atoms with E-state index < -0.39 is 0 Å². The highest BCUT2D eigenvalue weighted by atomic mass is 16.5. The second-order valence-corrected chi connectivity index (χ2v) is 3.48. The Labute approximate surface area is 89.6 Å². The molecule has 0 radical (unpaired) electrons. The lowest BCUT2D eigenvalue weighted by molar-refractivity contribution is 0.177. The van der Waals surface area contributed by atoms with Crippen molar-refractivity contribution in [1.29, 1.82) is 0 Å². The lowest BCUT2D eigenvalue weighted by atomic mass is 10.2. The molecule has 84 valence electrons. The van der Waals surface area contributed by atoms with Gasteiger partial charge in [0.25, 0.3) is 0 Å². The lowest BCUT2D eigenvalue weighted by Crippen LogP contribution is -2.18. The third-order valence-electron chi connectivity index (χ3n) is 2.29. The van der Waals surface area contributed by atoms with E-state index in [0.29, 0.717) is 11.5 Å². The molecule has 16 heavy (non-hydrogen) atoms. The maximum Gasteiger partial charge on any atom is 0.246 e. The maximum absolute atomic E-state index is 11.7. The summed E-state index contributed by atoms with van der Waals surface area (Å²) < 4.78 is 5.99. The smallest absolute Gasteiger partial charge is 0.246 e. The summed E-state index contributed by atoms with van der Waals surface area (Å²) in [6.07, 6.45) is 0. The van der Waals surface area contributed by atoms with Gasteiger partial charge in [0.1, 0.15) is 16.5 Å². The van der Waals surface area contributed by atoms with E-state index in [1.165, 1.54) is 12.1 Å². The fraction of sp³-hybridized carbons (Fsp3) is 0.200. The second-order valence-electron chi connectivity index (χ2n) is 3.48. The first-order chi connectivity index (χ1) is 7.54. The molecule has 2 heterocycles. The maximum atomic E-state index is 11.7. The number of hydrogen-bond donors (Lipinski definition) is 2. The highest BCUT2D eigenvalue weighted by Crippen LogP contribution is 2.09. The van der Waals surface area contributed by atoms with Gasteiger partial charge in [0.15, 0.2) is 5.43 Å². The molecule has 0 aliphatic carbocycles. The van der Waals surface area contributed by atoms with E-state index in [1.54, 1.807) is 13.8 Å². The molecular weight excluding hydrogens is 212 g/mol. The minimum absolute atomic E-state index is 0.0298. The molecule has 2 aromatic heterocycles. The SMILES string of the molecule is Cc1cc(=O)c2c(=NO)cc(C)n(O)c2o1. The average Bonchev–Trinajstić information content (AvgIpc) is 2.23. The lowest BCUT2D eigenvalue weighted by Gasteiger charge is -2.06. The van der Waals surface area contributed by atoms with E-state index in [0.717, 1.165) is 4.73 Å². The summed E-state index contributed by atoms with van der Waals surface area (Å²) in [4.78, 5) is 11.7. The second kappa shape index (κ2) is 3.41. The third-order valence-corrected chi connectivity index (χ3v) is 2.29. The molecule has 0 atom stereocenters. The highest BCUT2D eigenvalue weighted by Gasteiger charge is 2.11. The van der Waals surface area contributed by atoms with Crippen LogP contribution in [0.3, 0.4) is 0 Å². The van der Waals surface area contributed by atoms with Crippen LogP contribution in [0.2, 0.25) is 0 Å². The van der Waals surface area contributed by atoms with Crippen LogP contribution in [0.15, 0.2) is 26.5 Å². The van der Waals surface area contributed by atoms with Gasteiger partial charge in [0.05, 0.1) is 5.69 Å². The first-order valence-electron chi connectivity index (χ1n) is 4.59. The molecule has 0 unspecified atom stereocenters. The Morgan fingerprint density at radius 1 is 1.38 bits per heavy atom. The van der Waals surface area contributed by atoms with Gasteiger partial charge in [0, 0.05) is 6.07 Å². The number of aromatic nitrogens is 1. The molecule has 0 fully saturated rings. The topological polar surface area (TPSA) is 88.0 Å². The van der Waals surface area contributed by atoms with Crippen LogP contribution in [-0.2, 0) is 0 Å². The van der Waals surface area contributed by atoms with Crippen molar-refractivity contribution in [3.63, 3.8) is 0 Å². The molecule has 2 rings (SSSR count). The number of fused-ring (bicyclic) bond motifs is 1. The van der Waals surface area contributed by atoms with Crippen molar-refractivity contribution in [3.05, 3.63) is 39.2 Å². The van der Waals surface area contributed by atoms with Gasteiger partial charge < -0.3 is 14.8 Å². The molecule has 0 aromatic carbocycles. The van der Waals surface area contributed by atoms with Gasteiger partial charge in [-0.15, -0.1) is 0 Å². The number of nitrogens with zero attached hydrogens (tertiary/aromatic N) is 2. The summed E-state index contributed by atoms with van der Waals surface area (Å²) in [7, 11) is 0. The van der Waals surface area contributed by atoms with Crippen molar-refractivity contribution in [2.45, 2.75) is 13.8 Å². The number of hydrogen-bond acceptors (Lipinski definition) is 5. The molecule has 2 N–H and O–H groups in total. The Kier molecular flexibility index (Phi) is 2.19. The van der Waals surface area contributed by atoms with Crippen LogP contribution in [-0.4, -0.2) is 15.1 Å². The van der Waals surface area contributed by atoms with Gasteiger partial charge in [-0.3, -0.25) is 4.79 Å². The summed E-state index contributed by atoms with van der Waals surface area (Å²) in [6, 6.07) is 2.65. The van der Waals surface area contributed by atoms with Gasteiger partial charge in [-0.1, -0.05) is 5.16 Å². The van der Waals surface area contributed by atoms with E-state index in [9.17, 15) is 10.0 Å². The molecule has 0 aliphatic rings. The van der Waals surface area contributed by atoms with E-state index in [2.05, 4.69) is 5.16 Å². The van der Waals surface area contributed by atoms with Crippen LogP contribution in [0.1, 0.15) is 11.5 Å². The molecule has 0 amide bonds. The normalized spacial score (nSPS) is 12.2. The molecule has 6 nitrogen and oxygen atoms in total. The fourth-order valence-electron chi connectivity index (χ4n) is 1.55. The quantitative estimate of drug-likeness (QED) is 0.391. The number of rotatable bonds is 0. The molecule has 0 spiro atoms. The van der Waals surface area contributed by atoms with Gasteiger partial charge in [-0.2, -0.15) is 4.73 Å². The Balaban J connectivity index is 3.18. The van der Waals surface area contributed by atoms with Gasteiger partial charge in [0.2, 0.25) is 5.71 Å². The van der Waals surface area contributed by atoms with Gasteiger partial charge >= 0.3 is 0 Å². The highest BCUT2D eigenvalue weighted by molar-refractivity contribution is 5.72.